The molecule has 1 fully saturated rings. The summed E-state index contributed by atoms with van der Waals surface area (Å²) in [7, 11) is 3.08. The first kappa shape index (κ1) is 25.2. The van der Waals surface area contributed by atoms with E-state index < -0.39 is 0 Å². The summed E-state index contributed by atoms with van der Waals surface area (Å²) in [4.78, 5) is 51.8. The molecule has 0 radical (unpaired) electrons. The first-order valence-corrected chi connectivity index (χ1v) is 12.0. The lowest BCUT2D eigenvalue weighted by Crippen LogP contribution is -2.44. The highest BCUT2D eigenvalue weighted by Crippen LogP contribution is 2.28. The number of carbonyl (C=O) groups is 2. The van der Waals surface area contributed by atoms with E-state index in [0.717, 1.165) is 17.5 Å². The Hall–Kier alpha value is -3.88. The fourth-order valence-corrected chi connectivity index (χ4v) is 4.81. The maximum absolute atomic E-state index is 13.8. The normalized spacial score (nSPS) is 14.1. The Morgan fingerprint density at radius 1 is 1.00 bits per heavy atom. The molecule has 1 aromatic heterocycles. The van der Waals surface area contributed by atoms with Crippen LogP contribution >= 0.6 is 0 Å². The Morgan fingerprint density at radius 2 is 1.69 bits per heavy atom. The van der Waals surface area contributed by atoms with Gasteiger partial charge in [-0.25, -0.2) is 4.79 Å². The lowest BCUT2D eigenvalue weighted by molar-refractivity contribution is -0.119. The van der Waals surface area contributed by atoms with Crippen molar-refractivity contribution in [3.05, 3.63) is 68.4 Å². The van der Waals surface area contributed by atoms with Crippen molar-refractivity contribution in [2.75, 3.05) is 27.3 Å². The predicted octanol–water partition coefficient (Wildman–Crippen LogP) is 2.54. The van der Waals surface area contributed by atoms with Gasteiger partial charge in [0.15, 0.2) is 11.5 Å². The van der Waals surface area contributed by atoms with Gasteiger partial charge in [-0.1, -0.05) is 12.1 Å². The number of fused-ring (bicyclic) bond motifs is 1. The molecule has 0 unspecified atom stereocenters. The zero-order valence-corrected chi connectivity index (χ0v) is 20.9. The van der Waals surface area contributed by atoms with Gasteiger partial charge in [-0.2, -0.15) is 0 Å². The Kier molecular flexibility index (Phi) is 7.57. The van der Waals surface area contributed by atoms with E-state index >= 15 is 0 Å². The van der Waals surface area contributed by atoms with E-state index in [1.165, 1.54) is 11.7 Å². The number of likely N-dealkylation sites (tertiary alicyclic amines) is 1. The number of ketones is 1. The molecular formula is C27H31N3O6. The Balaban J connectivity index is 1.85. The monoisotopic (exact) mass is 493 g/mol. The minimum absolute atomic E-state index is 0.0683. The summed E-state index contributed by atoms with van der Waals surface area (Å²) in [6.45, 7) is 2.71. The summed E-state index contributed by atoms with van der Waals surface area (Å²) in [5.41, 5.74) is 1.40. The van der Waals surface area contributed by atoms with Gasteiger partial charge in [0.2, 0.25) is 6.41 Å². The summed E-state index contributed by atoms with van der Waals surface area (Å²) in [6.07, 6.45) is 2.98. The number of rotatable bonds is 9. The van der Waals surface area contributed by atoms with E-state index in [2.05, 4.69) is 0 Å². The minimum Gasteiger partial charge on any atom is -0.493 e. The topological polar surface area (TPSA) is 99.8 Å². The van der Waals surface area contributed by atoms with Crippen LogP contribution in [0, 0.1) is 0 Å². The van der Waals surface area contributed by atoms with Crippen molar-refractivity contribution in [2.45, 2.75) is 45.2 Å². The van der Waals surface area contributed by atoms with Gasteiger partial charge in [0.25, 0.3) is 5.56 Å². The lowest BCUT2D eigenvalue weighted by Gasteiger charge is -2.31. The number of aryl methyl sites for hydroxylation is 1. The molecule has 0 atom stereocenters. The number of amides is 1. The number of hydrogen-bond acceptors (Lipinski definition) is 6. The van der Waals surface area contributed by atoms with Crippen LogP contribution in [0.4, 0.5) is 0 Å². The van der Waals surface area contributed by atoms with Crippen LogP contribution in [-0.4, -0.2) is 53.5 Å². The van der Waals surface area contributed by atoms with Crippen molar-refractivity contribution in [3.63, 3.8) is 0 Å². The number of benzene rings is 2. The number of piperidine rings is 1. The number of carbonyl (C=O) groups excluding carboxylic acids is 2. The summed E-state index contributed by atoms with van der Waals surface area (Å²) in [6, 6.07) is 10.6. The van der Waals surface area contributed by atoms with Gasteiger partial charge in [-0.05, 0) is 61.6 Å². The molecule has 3 aromatic rings. The molecule has 0 bridgehead atoms. The highest BCUT2D eigenvalue weighted by molar-refractivity contribution is 5.80. The van der Waals surface area contributed by atoms with Crippen molar-refractivity contribution < 1.29 is 19.1 Å². The van der Waals surface area contributed by atoms with E-state index in [0.29, 0.717) is 61.2 Å². The first-order valence-electron chi connectivity index (χ1n) is 12.0. The van der Waals surface area contributed by atoms with Gasteiger partial charge in [-0.15, -0.1) is 0 Å². The molecule has 36 heavy (non-hydrogen) atoms. The quantitative estimate of drug-likeness (QED) is 0.425. The number of aromatic nitrogens is 2. The number of nitrogens with zero attached hydrogens (tertiary/aromatic N) is 3. The number of methoxy groups -OCH3 is 2. The van der Waals surface area contributed by atoms with Gasteiger partial charge in [0.05, 0.1) is 31.7 Å². The molecule has 2 heterocycles. The largest absolute Gasteiger partial charge is 0.493 e. The second kappa shape index (κ2) is 10.8. The standard InChI is InChI=1S/C27H31N3O6/c1-18(32)4-5-19-6-8-23-22(14-19)26(33)29(16-20-7-9-24(35-2)25(15-20)36-3)27(34)30(23)21-10-12-28(17-31)13-11-21/h6-9,14-15,17,21H,4-5,10-13,16H2,1-3H3. The van der Waals surface area contributed by atoms with Crippen LogP contribution in [0.15, 0.2) is 46.0 Å². The maximum atomic E-state index is 13.8. The van der Waals surface area contributed by atoms with E-state index in [1.807, 2.05) is 6.07 Å². The third-order valence-corrected chi connectivity index (χ3v) is 6.80. The van der Waals surface area contributed by atoms with Crippen LogP contribution in [0.5, 0.6) is 11.5 Å². The first-order chi connectivity index (χ1) is 17.4. The van der Waals surface area contributed by atoms with Crippen LogP contribution in [0.3, 0.4) is 0 Å². The molecule has 0 saturated carbocycles. The highest BCUT2D eigenvalue weighted by atomic mass is 16.5. The molecule has 1 saturated heterocycles. The predicted molar refractivity (Wildman–Crippen MR) is 136 cm³/mol. The molecular weight excluding hydrogens is 462 g/mol. The minimum atomic E-state index is -0.386. The van der Waals surface area contributed by atoms with Crippen molar-refractivity contribution in [1.29, 1.82) is 0 Å². The fraction of sp³-hybridized carbons (Fsp3) is 0.407. The smallest absolute Gasteiger partial charge is 0.332 e. The third kappa shape index (κ3) is 5.05. The van der Waals surface area contributed by atoms with E-state index in [4.69, 9.17) is 9.47 Å². The molecule has 0 spiro atoms. The number of ether oxygens (including phenoxy) is 2. The van der Waals surface area contributed by atoms with Crippen molar-refractivity contribution in [1.82, 2.24) is 14.0 Å². The van der Waals surface area contributed by atoms with Crippen LogP contribution in [0.2, 0.25) is 0 Å². The molecule has 1 amide bonds. The molecule has 0 N–H and O–H groups in total. The number of hydrogen-bond donors (Lipinski definition) is 0. The fourth-order valence-electron chi connectivity index (χ4n) is 4.81. The second-order valence-electron chi connectivity index (χ2n) is 9.16. The molecule has 2 aromatic carbocycles. The van der Waals surface area contributed by atoms with Gasteiger partial charge >= 0.3 is 5.69 Å². The number of Topliss-reactive ketones (excluding diaryl/α,β-unsaturated/α-hetero) is 1. The molecule has 9 heteroatoms. The average molecular weight is 494 g/mol. The Bertz CT molecular complexity index is 1400. The van der Waals surface area contributed by atoms with Crippen molar-refractivity contribution in [2.24, 2.45) is 0 Å². The van der Waals surface area contributed by atoms with Crippen LogP contribution in [-0.2, 0) is 22.6 Å². The Labute approximate surface area is 208 Å². The van der Waals surface area contributed by atoms with Gasteiger partial charge in [-0.3, -0.25) is 18.7 Å². The van der Waals surface area contributed by atoms with Crippen LogP contribution in [0.1, 0.15) is 43.4 Å². The van der Waals surface area contributed by atoms with Crippen molar-refractivity contribution >= 4 is 23.1 Å². The molecule has 190 valence electrons. The lowest BCUT2D eigenvalue weighted by atomic mass is 10.0. The maximum Gasteiger partial charge on any atom is 0.332 e. The second-order valence-corrected chi connectivity index (χ2v) is 9.16. The summed E-state index contributed by atoms with van der Waals surface area (Å²) >= 11 is 0. The summed E-state index contributed by atoms with van der Waals surface area (Å²) < 4.78 is 13.7. The molecule has 1 aliphatic heterocycles. The summed E-state index contributed by atoms with van der Waals surface area (Å²) in [5.74, 6) is 1.14. The summed E-state index contributed by atoms with van der Waals surface area (Å²) in [5, 5.41) is 0.439. The average Bonchev–Trinajstić information content (AvgIpc) is 2.90. The molecule has 1 aliphatic rings. The molecule has 4 rings (SSSR count). The molecule has 9 nitrogen and oxygen atoms in total. The van der Waals surface area contributed by atoms with Crippen molar-refractivity contribution in [3.8, 4) is 11.5 Å². The third-order valence-electron chi connectivity index (χ3n) is 6.80. The van der Waals surface area contributed by atoms with Gasteiger partial charge < -0.3 is 19.2 Å². The van der Waals surface area contributed by atoms with E-state index in [1.54, 1.807) is 53.8 Å². The van der Waals surface area contributed by atoms with E-state index in [9.17, 15) is 19.2 Å². The SMILES string of the molecule is COc1ccc(Cn2c(=O)c3cc(CCC(C)=O)ccc3n(C3CCN(C=O)CC3)c2=O)cc1OC. The van der Waals surface area contributed by atoms with Crippen LogP contribution < -0.4 is 20.7 Å². The van der Waals surface area contributed by atoms with E-state index in [-0.39, 0.29) is 29.6 Å². The van der Waals surface area contributed by atoms with Crippen LogP contribution in [0.25, 0.3) is 10.9 Å². The Morgan fingerprint density at radius 3 is 2.33 bits per heavy atom. The highest BCUT2D eigenvalue weighted by Gasteiger charge is 2.25. The molecule has 0 aliphatic carbocycles. The van der Waals surface area contributed by atoms with Gasteiger partial charge in [0.1, 0.15) is 5.78 Å². The zero-order chi connectivity index (χ0) is 25.8. The zero-order valence-electron chi connectivity index (χ0n) is 20.9. The van der Waals surface area contributed by atoms with Gasteiger partial charge in [0, 0.05) is 25.6 Å².